The second-order valence-electron chi connectivity index (χ2n) is 2.58. The highest BCUT2D eigenvalue weighted by molar-refractivity contribution is 6.68. The van der Waals surface area contributed by atoms with Gasteiger partial charge in [-0.3, -0.25) is 4.79 Å². The van der Waals surface area contributed by atoms with Crippen LogP contribution < -0.4 is 0 Å². The van der Waals surface area contributed by atoms with E-state index in [4.69, 9.17) is 23.2 Å². The SMILES string of the molecule is COC(=O)c1cc(C(=O)Cl)c(Cl)cc1F. The molecule has 0 aliphatic heterocycles. The summed E-state index contributed by atoms with van der Waals surface area (Å²) in [5, 5.41) is -1.02. The number of rotatable bonds is 2. The molecule has 0 atom stereocenters. The third-order valence-electron chi connectivity index (χ3n) is 1.67. The molecular formula is C9H5Cl2FO3. The van der Waals surface area contributed by atoms with E-state index in [0.717, 1.165) is 19.2 Å². The molecule has 0 spiro atoms. The Morgan fingerprint density at radius 2 is 1.93 bits per heavy atom. The predicted molar refractivity (Wildman–Crippen MR) is 52.9 cm³/mol. The van der Waals surface area contributed by atoms with Gasteiger partial charge in [0.25, 0.3) is 5.24 Å². The van der Waals surface area contributed by atoms with Crippen LogP contribution in [0.2, 0.25) is 5.02 Å². The molecule has 6 heteroatoms. The molecule has 0 saturated heterocycles. The maximum atomic E-state index is 13.2. The van der Waals surface area contributed by atoms with Crippen LogP contribution in [0.1, 0.15) is 20.7 Å². The molecule has 0 aliphatic carbocycles. The maximum absolute atomic E-state index is 13.2. The highest BCUT2D eigenvalue weighted by Crippen LogP contribution is 2.22. The lowest BCUT2D eigenvalue weighted by atomic mass is 10.1. The summed E-state index contributed by atoms with van der Waals surface area (Å²) < 4.78 is 17.5. The third kappa shape index (κ3) is 2.46. The van der Waals surface area contributed by atoms with Crippen LogP contribution in [0.3, 0.4) is 0 Å². The van der Waals surface area contributed by atoms with Crippen LogP contribution >= 0.6 is 23.2 Å². The average molecular weight is 251 g/mol. The zero-order valence-corrected chi connectivity index (χ0v) is 9.03. The fourth-order valence-electron chi connectivity index (χ4n) is 0.966. The van der Waals surface area contributed by atoms with E-state index in [0.29, 0.717) is 0 Å². The van der Waals surface area contributed by atoms with Crippen molar-refractivity contribution in [3.63, 3.8) is 0 Å². The first-order valence-electron chi connectivity index (χ1n) is 3.74. The van der Waals surface area contributed by atoms with E-state index >= 15 is 0 Å². The lowest BCUT2D eigenvalue weighted by Gasteiger charge is -2.04. The van der Waals surface area contributed by atoms with Crippen molar-refractivity contribution >= 4 is 34.4 Å². The van der Waals surface area contributed by atoms with E-state index in [9.17, 15) is 14.0 Å². The lowest BCUT2D eigenvalue weighted by Crippen LogP contribution is -2.06. The first-order valence-corrected chi connectivity index (χ1v) is 4.50. The van der Waals surface area contributed by atoms with E-state index in [1.807, 2.05) is 0 Å². The van der Waals surface area contributed by atoms with Crippen molar-refractivity contribution in [2.45, 2.75) is 0 Å². The minimum absolute atomic E-state index is 0.139. The molecule has 80 valence electrons. The fraction of sp³-hybridized carbons (Fsp3) is 0.111. The van der Waals surface area contributed by atoms with Crippen LogP contribution in [0, 0.1) is 5.82 Å². The summed E-state index contributed by atoms with van der Waals surface area (Å²) in [7, 11) is 1.10. The zero-order valence-electron chi connectivity index (χ0n) is 7.51. The summed E-state index contributed by atoms with van der Waals surface area (Å²) in [6, 6.07) is 1.79. The molecule has 1 aromatic rings. The van der Waals surface area contributed by atoms with Crippen molar-refractivity contribution < 1.29 is 18.7 Å². The standard InChI is InChI=1S/C9H5Cl2FO3/c1-15-9(14)5-2-4(8(11)13)6(10)3-7(5)12/h2-3H,1H3. The first-order chi connectivity index (χ1) is 6.97. The van der Waals surface area contributed by atoms with E-state index in [-0.39, 0.29) is 16.1 Å². The number of halogens is 3. The molecule has 0 aliphatic rings. The van der Waals surface area contributed by atoms with E-state index in [1.54, 1.807) is 0 Å². The van der Waals surface area contributed by atoms with Crippen LogP contribution in [-0.2, 0) is 4.74 Å². The van der Waals surface area contributed by atoms with Gasteiger partial charge < -0.3 is 4.74 Å². The van der Waals surface area contributed by atoms with Crippen molar-refractivity contribution in [1.29, 1.82) is 0 Å². The molecule has 0 unspecified atom stereocenters. The van der Waals surface area contributed by atoms with Gasteiger partial charge in [-0.05, 0) is 23.7 Å². The normalized spacial score (nSPS) is 9.87. The molecule has 0 fully saturated rings. The summed E-state index contributed by atoms with van der Waals surface area (Å²) in [5.74, 6) is -1.77. The quantitative estimate of drug-likeness (QED) is 0.599. The fourth-order valence-corrected chi connectivity index (χ4v) is 1.41. The Bertz CT molecular complexity index is 432. The highest BCUT2D eigenvalue weighted by atomic mass is 35.5. The van der Waals surface area contributed by atoms with Crippen LogP contribution in [0.15, 0.2) is 12.1 Å². The molecule has 0 saturated carbocycles. The Morgan fingerprint density at radius 3 is 2.40 bits per heavy atom. The minimum atomic E-state index is -0.900. The molecule has 3 nitrogen and oxygen atoms in total. The number of ether oxygens (including phenoxy) is 1. The second kappa shape index (κ2) is 4.59. The molecular weight excluding hydrogens is 246 g/mol. The largest absolute Gasteiger partial charge is 0.465 e. The summed E-state index contributed by atoms with van der Waals surface area (Å²) in [4.78, 5) is 21.9. The Hall–Kier alpha value is -1.13. The Balaban J connectivity index is 3.36. The Morgan fingerprint density at radius 1 is 1.33 bits per heavy atom. The highest BCUT2D eigenvalue weighted by Gasteiger charge is 2.18. The molecule has 0 N–H and O–H groups in total. The average Bonchev–Trinajstić information content (AvgIpc) is 2.16. The monoisotopic (exact) mass is 250 g/mol. The van der Waals surface area contributed by atoms with Gasteiger partial charge in [-0.2, -0.15) is 0 Å². The molecule has 0 bridgehead atoms. The molecule has 0 amide bonds. The molecule has 1 aromatic carbocycles. The van der Waals surface area contributed by atoms with Crippen molar-refractivity contribution in [1.82, 2.24) is 0 Å². The summed E-state index contributed by atoms with van der Waals surface area (Å²) in [6.45, 7) is 0. The summed E-state index contributed by atoms with van der Waals surface area (Å²) in [6.07, 6.45) is 0. The van der Waals surface area contributed by atoms with Crippen molar-refractivity contribution in [2.24, 2.45) is 0 Å². The van der Waals surface area contributed by atoms with Gasteiger partial charge in [0.15, 0.2) is 0 Å². The number of carbonyl (C=O) groups excluding carboxylic acids is 2. The van der Waals surface area contributed by atoms with E-state index in [2.05, 4.69) is 4.74 Å². The van der Waals surface area contributed by atoms with Gasteiger partial charge >= 0.3 is 5.97 Å². The number of esters is 1. The maximum Gasteiger partial charge on any atom is 0.340 e. The van der Waals surface area contributed by atoms with Gasteiger partial charge in [-0.1, -0.05) is 11.6 Å². The summed E-state index contributed by atoms with van der Waals surface area (Å²) in [5.41, 5.74) is -0.522. The number of hydrogen-bond acceptors (Lipinski definition) is 3. The van der Waals surface area contributed by atoms with E-state index in [1.165, 1.54) is 0 Å². The van der Waals surface area contributed by atoms with Gasteiger partial charge in [0, 0.05) is 0 Å². The van der Waals surface area contributed by atoms with Crippen molar-refractivity contribution in [2.75, 3.05) is 7.11 Å². The number of methoxy groups -OCH3 is 1. The van der Waals surface area contributed by atoms with Crippen molar-refractivity contribution in [3.05, 3.63) is 34.1 Å². The summed E-state index contributed by atoms with van der Waals surface area (Å²) >= 11 is 10.7. The van der Waals surface area contributed by atoms with Gasteiger partial charge in [0.05, 0.1) is 23.3 Å². The minimum Gasteiger partial charge on any atom is -0.465 e. The topological polar surface area (TPSA) is 43.4 Å². The zero-order chi connectivity index (χ0) is 11.6. The van der Waals surface area contributed by atoms with Gasteiger partial charge in [0.1, 0.15) is 5.82 Å². The van der Waals surface area contributed by atoms with Gasteiger partial charge in [-0.15, -0.1) is 0 Å². The molecule has 0 aromatic heterocycles. The van der Waals surface area contributed by atoms with Crippen LogP contribution in [-0.4, -0.2) is 18.3 Å². The predicted octanol–water partition coefficient (Wildman–Crippen LogP) is 2.64. The van der Waals surface area contributed by atoms with Crippen LogP contribution in [0.4, 0.5) is 4.39 Å². The van der Waals surface area contributed by atoms with Crippen molar-refractivity contribution in [3.8, 4) is 0 Å². The molecule has 1 rings (SSSR count). The smallest absolute Gasteiger partial charge is 0.340 e. The van der Waals surface area contributed by atoms with Gasteiger partial charge in [-0.25, -0.2) is 9.18 Å². The molecule has 0 heterocycles. The third-order valence-corrected chi connectivity index (χ3v) is 2.19. The number of benzene rings is 1. The van der Waals surface area contributed by atoms with E-state index < -0.39 is 17.0 Å². The first kappa shape index (κ1) is 11.9. The number of hydrogen-bond donors (Lipinski definition) is 0. The Kier molecular flexibility index (Phi) is 3.66. The molecule has 15 heavy (non-hydrogen) atoms. The molecule has 0 radical (unpaired) electrons. The van der Waals surface area contributed by atoms with Gasteiger partial charge in [0.2, 0.25) is 0 Å². The second-order valence-corrected chi connectivity index (χ2v) is 3.33. The van der Waals surface area contributed by atoms with Crippen LogP contribution in [0.5, 0.6) is 0 Å². The number of carbonyl (C=O) groups is 2. The lowest BCUT2D eigenvalue weighted by molar-refractivity contribution is 0.0595. The Labute approximate surface area is 94.7 Å². The van der Waals surface area contributed by atoms with Crippen LogP contribution in [0.25, 0.3) is 0 Å².